The highest BCUT2D eigenvalue weighted by Gasteiger charge is 2.21. The van der Waals surface area contributed by atoms with Gasteiger partial charge in [0.05, 0.1) is 19.2 Å². The Morgan fingerprint density at radius 3 is 1.45 bits per heavy atom. The Bertz CT molecular complexity index is 3610. The molecule has 1 nitrogen and oxygen atoms in total. The van der Waals surface area contributed by atoms with Crippen LogP contribution in [0.2, 0.25) is 0 Å². The van der Waals surface area contributed by atoms with Crippen molar-refractivity contribution < 1.29 is 23.6 Å². The molecule has 0 radical (unpaired) electrons. The zero-order valence-electron chi connectivity index (χ0n) is 40.8. The van der Waals surface area contributed by atoms with E-state index in [0.29, 0.717) is 38.2 Å². The maximum absolute atomic E-state index is 9.59. The van der Waals surface area contributed by atoms with Gasteiger partial charge in [-0.05, 0) is 95.3 Å². The average Bonchev–Trinajstić information content (AvgIpc) is 3.72. The maximum atomic E-state index is 9.59. The van der Waals surface area contributed by atoms with Crippen molar-refractivity contribution in [3.8, 4) is 55.6 Å². The number of furan rings is 1. The highest BCUT2D eigenvalue weighted by atomic mass is 16.3. The molecule has 238 valence electrons. The molecule has 0 saturated carbocycles. The van der Waals surface area contributed by atoms with Gasteiger partial charge in [-0.3, -0.25) is 0 Å². The summed E-state index contributed by atoms with van der Waals surface area (Å²) in [5.41, 5.74) is 0.920. The lowest BCUT2D eigenvalue weighted by atomic mass is 9.83. The van der Waals surface area contributed by atoms with Crippen molar-refractivity contribution in [2.75, 3.05) is 0 Å². The van der Waals surface area contributed by atoms with Gasteiger partial charge in [0.1, 0.15) is 11.2 Å². The van der Waals surface area contributed by atoms with Crippen LogP contribution in [-0.4, -0.2) is 0 Å². The van der Waals surface area contributed by atoms with Gasteiger partial charge in [-0.1, -0.05) is 176 Å². The van der Waals surface area contributed by atoms with Crippen LogP contribution in [-0.2, 0) is 0 Å². The van der Waals surface area contributed by atoms with E-state index in [1.165, 1.54) is 0 Å². The zero-order chi connectivity index (χ0) is 45.9. The summed E-state index contributed by atoms with van der Waals surface area (Å²) in [6, 6.07) is 25.0. The molecule has 0 bridgehead atoms. The third-order valence-corrected chi connectivity index (χ3v) is 9.19. The number of hydrogen-bond acceptors (Lipinski definition) is 1. The first-order valence-electron chi connectivity index (χ1n) is 23.4. The van der Waals surface area contributed by atoms with E-state index in [9.17, 15) is 8.22 Å². The number of fused-ring (bicyclic) bond motifs is 5. The minimum absolute atomic E-state index is 0.0342. The Morgan fingerprint density at radius 1 is 0.333 bits per heavy atom. The number of hydrogen-bond donors (Lipinski definition) is 0. The van der Waals surface area contributed by atoms with Gasteiger partial charge in [0, 0.05) is 10.8 Å². The Morgan fingerprint density at radius 2 is 0.824 bits per heavy atom. The van der Waals surface area contributed by atoms with E-state index in [0.717, 1.165) is 0 Å². The van der Waals surface area contributed by atoms with Crippen LogP contribution in [0.25, 0.3) is 99.1 Å². The van der Waals surface area contributed by atoms with Crippen molar-refractivity contribution >= 4 is 43.5 Å². The van der Waals surface area contributed by atoms with E-state index < -0.39 is 60.4 Å². The quantitative estimate of drug-likeness (QED) is 0.167. The summed E-state index contributed by atoms with van der Waals surface area (Å²) in [5.74, 6) is 0. The van der Waals surface area contributed by atoms with Gasteiger partial charge in [-0.15, -0.1) is 0 Å². The second kappa shape index (κ2) is 12.0. The average molecular weight is 663 g/mol. The molecule has 10 aromatic rings. The number of rotatable bonds is 5. The van der Waals surface area contributed by atoms with E-state index in [-0.39, 0.29) is 85.1 Å². The fraction of sp³-hybridized carbons (Fsp3) is 0. The lowest BCUT2D eigenvalue weighted by Gasteiger charge is -2.20. The van der Waals surface area contributed by atoms with Gasteiger partial charge >= 0.3 is 0 Å². The van der Waals surface area contributed by atoms with Crippen LogP contribution in [0.15, 0.2) is 198 Å². The molecule has 9 aromatic carbocycles. The number of benzene rings is 9. The molecule has 0 spiro atoms. The normalized spacial score (nSPS) is 15.4. The Kier molecular flexibility index (Phi) is 4.32. The Hall–Kier alpha value is -6.70. The highest BCUT2D eigenvalue weighted by Crippen LogP contribution is 2.48. The van der Waals surface area contributed by atoms with Crippen molar-refractivity contribution in [1.82, 2.24) is 0 Å². The van der Waals surface area contributed by atoms with Gasteiger partial charge < -0.3 is 4.42 Å². The third-order valence-electron chi connectivity index (χ3n) is 9.19. The van der Waals surface area contributed by atoms with Crippen LogP contribution in [0.5, 0.6) is 0 Å². The van der Waals surface area contributed by atoms with Crippen LogP contribution in [0.3, 0.4) is 0 Å². The molecule has 0 atom stereocenters. The molecule has 0 saturated heterocycles. The van der Waals surface area contributed by atoms with Crippen LogP contribution in [0.1, 0.15) is 19.2 Å². The van der Waals surface area contributed by atoms with Gasteiger partial charge in [-0.2, -0.15) is 0 Å². The van der Waals surface area contributed by atoms with Crippen LogP contribution in [0.4, 0.5) is 0 Å². The molecule has 1 heterocycles. The van der Waals surface area contributed by atoms with Gasteiger partial charge in [0.25, 0.3) is 0 Å². The van der Waals surface area contributed by atoms with E-state index in [1.54, 1.807) is 109 Å². The van der Waals surface area contributed by atoms with Crippen molar-refractivity contribution in [3.05, 3.63) is 194 Å². The first kappa shape index (κ1) is 18.3. The molecule has 0 aliphatic rings. The minimum atomic E-state index is -0.639. The predicted octanol–water partition coefficient (Wildman–Crippen LogP) is 14.2. The molecule has 0 unspecified atom stereocenters. The molecule has 0 aliphatic heterocycles. The molecular formula is C50H32O. The predicted molar refractivity (Wildman–Crippen MR) is 216 cm³/mol. The standard InChI is InChI=1S/C50H32O/c1-3-14-33(15-4-1)35-26-28-36(29-27-35)38-18-7-8-19-39(38)48-40-20-9-11-22-42(40)49(43-23-12-10-21-41(43)48)44-24-13-25-47-50(44)45-32-37(30-31-46(45)51-47)34-16-5-2-6-17-34/h1-32H/i7D,8D,13D,18D,19D,24D,25D,26D,27D,28D,29D,30D,31D,32D. The summed E-state index contributed by atoms with van der Waals surface area (Å²) in [7, 11) is 0. The first-order chi connectivity index (χ1) is 31.2. The Labute approximate surface area is 316 Å². The van der Waals surface area contributed by atoms with Crippen LogP contribution >= 0.6 is 0 Å². The van der Waals surface area contributed by atoms with Crippen LogP contribution < -0.4 is 0 Å². The molecule has 0 aliphatic carbocycles. The summed E-state index contributed by atoms with van der Waals surface area (Å²) >= 11 is 0. The summed E-state index contributed by atoms with van der Waals surface area (Å²) in [4.78, 5) is 0. The Balaban J connectivity index is 1.38. The summed E-state index contributed by atoms with van der Waals surface area (Å²) in [6.45, 7) is 0. The third kappa shape index (κ3) is 4.86. The molecule has 1 heteroatoms. The van der Waals surface area contributed by atoms with E-state index in [1.807, 2.05) is 0 Å². The van der Waals surface area contributed by atoms with Crippen molar-refractivity contribution in [1.29, 1.82) is 0 Å². The molecule has 0 N–H and O–H groups in total. The van der Waals surface area contributed by atoms with Crippen molar-refractivity contribution in [3.63, 3.8) is 0 Å². The molecule has 0 fully saturated rings. The van der Waals surface area contributed by atoms with Gasteiger partial charge in [0.2, 0.25) is 0 Å². The second-order valence-electron chi connectivity index (χ2n) is 12.1. The summed E-state index contributed by atoms with van der Waals surface area (Å²) < 4.78 is 135. The van der Waals surface area contributed by atoms with E-state index in [4.69, 9.17) is 15.4 Å². The van der Waals surface area contributed by atoms with E-state index in [2.05, 4.69) is 0 Å². The fourth-order valence-electron chi connectivity index (χ4n) is 6.93. The topological polar surface area (TPSA) is 13.1 Å². The van der Waals surface area contributed by atoms with Crippen molar-refractivity contribution in [2.45, 2.75) is 0 Å². The van der Waals surface area contributed by atoms with E-state index >= 15 is 0 Å². The molecular weight excluding hydrogens is 617 g/mol. The molecule has 51 heavy (non-hydrogen) atoms. The smallest absolute Gasteiger partial charge is 0.136 e. The zero-order valence-corrected chi connectivity index (χ0v) is 26.8. The highest BCUT2D eigenvalue weighted by molar-refractivity contribution is 6.26. The molecule has 10 rings (SSSR count). The largest absolute Gasteiger partial charge is 0.456 e. The second-order valence-corrected chi connectivity index (χ2v) is 12.1. The molecule has 0 amide bonds. The van der Waals surface area contributed by atoms with Crippen LogP contribution in [0, 0.1) is 0 Å². The lowest BCUT2D eigenvalue weighted by Crippen LogP contribution is -1.93. The summed E-state index contributed by atoms with van der Waals surface area (Å²) in [6.07, 6.45) is 0. The molecule has 1 aromatic heterocycles. The summed E-state index contributed by atoms with van der Waals surface area (Å²) in [5, 5.41) is 1.85. The first-order valence-corrected chi connectivity index (χ1v) is 16.4. The van der Waals surface area contributed by atoms with Gasteiger partial charge in [-0.25, -0.2) is 0 Å². The SMILES string of the molecule is [2H]c1c([2H])c([2H])c(-c2c3ccccc3c(-c3c([2H])c([2H])c([2H])c4oc5c([2H])c([2H])c(-c6ccccc6)c([2H])c5c34)c3ccccc23)c(-c2c([2H])c([2H])c(-c3ccccc3)c([2H])c2[2H])c1[2H]. The van der Waals surface area contributed by atoms with Gasteiger partial charge in [0.15, 0.2) is 0 Å². The lowest BCUT2D eigenvalue weighted by molar-refractivity contribution is 0.669. The maximum Gasteiger partial charge on any atom is 0.136 e. The van der Waals surface area contributed by atoms with Crippen molar-refractivity contribution in [2.24, 2.45) is 0 Å². The minimum Gasteiger partial charge on any atom is -0.456 e. The monoisotopic (exact) mass is 662 g/mol. The fourth-order valence-corrected chi connectivity index (χ4v) is 6.93.